The van der Waals surface area contributed by atoms with Crippen LogP contribution in [0, 0.1) is 5.92 Å². The number of esters is 1. The van der Waals surface area contributed by atoms with Crippen molar-refractivity contribution in [1.82, 2.24) is 0 Å². The molecule has 1 N–H and O–H groups in total. The Morgan fingerprint density at radius 1 is 1.41 bits per heavy atom. The van der Waals surface area contributed by atoms with Gasteiger partial charge in [0, 0.05) is 19.3 Å². The van der Waals surface area contributed by atoms with Crippen molar-refractivity contribution >= 4 is 11.8 Å². The van der Waals surface area contributed by atoms with Gasteiger partial charge in [0.15, 0.2) is 0 Å². The number of carbonyl (C=O) groups is 2. The van der Waals surface area contributed by atoms with Crippen LogP contribution >= 0.6 is 0 Å². The highest BCUT2D eigenvalue weighted by Gasteiger charge is 2.39. The highest BCUT2D eigenvalue weighted by atomic mass is 16.6. The molecular formula is C22H36O5. The fourth-order valence-electron chi connectivity index (χ4n) is 3.44. The summed E-state index contributed by atoms with van der Waals surface area (Å²) in [7, 11) is 0. The fourth-order valence-corrected chi connectivity index (χ4v) is 3.44. The molecule has 1 heterocycles. The van der Waals surface area contributed by atoms with E-state index in [1.165, 1.54) is 6.92 Å². The first-order valence-corrected chi connectivity index (χ1v) is 10.1. The van der Waals surface area contributed by atoms with Crippen molar-refractivity contribution in [2.75, 3.05) is 13.2 Å². The van der Waals surface area contributed by atoms with E-state index in [9.17, 15) is 9.59 Å². The van der Waals surface area contributed by atoms with Crippen LogP contribution in [0.5, 0.6) is 0 Å². The lowest BCUT2D eigenvalue weighted by atomic mass is 9.87. The standard InChI is InChI=1S/C22H36O5/c1-5-6-7-10-20(25)17(2)9-8-14-22(4)21(27-18(3)24)12-11-19(13-15-23)16-26-22/h6-7,13,17,21,23H,5,8-12,14-16H2,1-4H3/t17?,21-,22+/m1/s1. The van der Waals surface area contributed by atoms with Crippen LogP contribution in [-0.4, -0.2) is 41.8 Å². The van der Waals surface area contributed by atoms with Crippen LogP contribution in [0.15, 0.2) is 23.8 Å². The van der Waals surface area contributed by atoms with Crippen molar-refractivity contribution < 1.29 is 24.2 Å². The zero-order chi connectivity index (χ0) is 20.3. The molecule has 0 aliphatic carbocycles. The second kappa shape index (κ2) is 12.1. The summed E-state index contributed by atoms with van der Waals surface area (Å²) in [5.41, 5.74) is 0.450. The van der Waals surface area contributed by atoms with Gasteiger partial charge in [0.25, 0.3) is 0 Å². The van der Waals surface area contributed by atoms with Gasteiger partial charge in [-0.05, 0) is 51.0 Å². The minimum absolute atomic E-state index is 0.0119. The maximum atomic E-state index is 12.2. The van der Waals surface area contributed by atoms with Crippen molar-refractivity contribution in [1.29, 1.82) is 0 Å². The Bertz CT molecular complexity index is 537. The van der Waals surface area contributed by atoms with Crippen LogP contribution in [-0.2, 0) is 19.1 Å². The molecule has 0 saturated carbocycles. The van der Waals surface area contributed by atoms with Gasteiger partial charge in [-0.2, -0.15) is 0 Å². The van der Waals surface area contributed by atoms with Crippen molar-refractivity contribution in [2.24, 2.45) is 5.92 Å². The van der Waals surface area contributed by atoms with Gasteiger partial charge in [-0.25, -0.2) is 0 Å². The quantitative estimate of drug-likeness (QED) is 0.455. The summed E-state index contributed by atoms with van der Waals surface area (Å²) in [5, 5.41) is 9.13. The molecule has 3 atom stereocenters. The first-order valence-electron chi connectivity index (χ1n) is 10.1. The molecule has 0 bridgehead atoms. The van der Waals surface area contributed by atoms with E-state index in [1.807, 2.05) is 26.0 Å². The van der Waals surface area contributed by atoms with Crippen LogP contribution in [0.3, 0.4) is 0 Å². The van der Waals surface area contributed by atoms with E-state index in [0.29, 0.717) is 19.4 Å². The van der Waals surface area contributed by atoms with Crippen LogP contribution < -0.4 is 0 Å². The van der Waals surface area contributed by atoms with Crippen molar-refractivity contribution in [3.05, 3.63) is 23.8 Å². The lowest BCUT2D eigenvalue weighted by Crippen LogP contribution is -2.43. The lowest BCUT2D eigenvalue weighted by Gasteiger charge is -2.35. The average molecular weight is 381 g/mol. The minimum atomic E-state index is -0.582. The number of aliphatic hydroxyl groups excluding tert-OH is 1. The van der Waals surface area contributed by atoms with Crippen LogP contribution in [0.2, 0.25) is 0 Å². The molecule has 154 valence electrons. The Kier molecular flexibility index (Phi) is 10.6. The number of hydrogen-bond donors (Lipinski definition) is 1. The fraction of sp³-hybridized carbons (Fsp3) is 0.727. The third kappa shape index (κ3) is 8.39. The highest BCUT2D eigenvalue weighted by molar-refractivity contribution is 5.81. The summed E-state index contributed by atoms with van der Waals surface area (Å²) in [6, 6.07) is 0. The normalized spacial score (nSPS) is 26.1. The zero-order valence-electron chi connectivity index (χ0n) is 17.3. The highest BCUT2D eigenvalue weighted by Crippen LogP contribution is 2.34. The summed E-state index contributed by atoms with van der Waals surface area (Å²) in [6.45, 7) is 7.85. The molecule has 5 heteroatoms. The molecule has 0 spiro atoms. The maximum absolute atomic E-state index is 12.2. The minimum Gasteiger partial charge on any atom is -0.459 e. The summed E-state index contributed by atoms with van der Waals surface area (Å²) in [4.78, 5) is 23.7. The molecule has 1 unspecified atom stereocenters. The molecule has 0 amide bonds. The number of ether oxygens (including phenoxy) is 2. The van der Waals surface area contributed by atoms with Crippen LogP contribution in [0.25, 0.3) is 0 Å². The average Bonchev–Trinajstić information content (AvgIpc) is 2.76. The number of carbonyl (C=O) groups excluding carboxylic acids is 2. The van der Waals surface area contributed by atoms with E-state index in [0.717, 1.165) is 37.7 Å². The summed E-state index contributed by atoms with van der Waals surface area (Å²) < 4.78 is 11.7. The molecule has 1 fully saturated rings. The van der Waals surface area contributed by atoms with E-state index in [-0.39, 0.29) is 30.4 Å². The van der Waals surface area contributed by atoms with Gasteiger partial charge in [0.1, 0.15) is 17.5 Å². The van der Waals surface area contributed by atoms with E-state index in [4.69, 9.17) is 14.6 Å². The van der Waals surface area contributed by atoms with Gasteiger partial charge in [-0.3, -0.25) is 9.59 Å². The topological polar surface area (TPSA) is 72.8 Å². The van der Waals surface area contributed by atoms with E-state index in [1.54, 1.807) is 6.08 Å². The predicted molar refractivity (Wildman–Crippen MR) is 106 cm³/mol. The Morgan fingerprint density at radius 3 is 2.78 bits per heavy atom. The molecule has 1 aliphatic heterocycles. The predicted octanol–water partition coefficient (Wildman–Crippen LogP) is 4.14. The molecule has 1 saturated heterocycles. The molecule has 27 heavy (non-hydrogen) atoms. The van der Waals surface area contributed by atoms with Gasteiger partial charge in [0.2, 0.25) is 0 Å². The smallest absolute Gasteiger partial charge is 0.303 e. The van der Waals surface area contributed by atoms with Crippen molar-refractivity contribution in [3.8, 4) is 0 Å². The molecule has 0 aromatic rings. The van der Waals surface area contributed by atoms with Crippen molar-refractivity contribution in [3.63, 3.8) is 0 Å². The van der Waals surface area contributed by atoms with Crippen molar-refractivity contribution in [2.45, 2.75) is 84.3 Å². The van der Waals surface area contributed by atoms with Gasteiger partial charge in [0.05, 0.1) is 13.2 Å². The maximum Gasteiger partial charge on any atom is 0.303 e. The molecular weight excluding hydrogens is 344 g/mol. The second-order valence-corrected chi connectivity index (χ2v) is 7.63. The number of allylic oxidation sites excluding steroid dienone is 2. The van der Waals surface area contributed by atoms with E-state index >= 15 is 0 Å². The Hall–Kier alpha value is -1.46. The van der Waals surface area contributed by atoms with Gasteiger partial charge >= 0.3 is 5.97 Å². The first kappa shape index (κ1) is 23.6. The molecule has 5 nitrogen and oxygen atoms in total. The van der Waals surface area contributed by atoms with E-state index in [2.05, 4.69) is 6.92 Å². The second-order valence-electron chi connectivity index (χ2n) is 7.63. The number of ketones is 1. The largest absolute Gasteiger partial charge is 0.459 e. The third-order valence-corrected chi connectivity index (χ3v) is 5.27. The van der Waals surface area contributed by atoms with Gasteiger partial charge in [-0.15, -0.1) is 0 Å². The molecule has 1 rings (SSSR count). The molecule has 1 aliphatic rings. The first-order chi connectivity index (χ1) is 12.8. The van der Waals surface area contributed by atoms with E-state index < -0.39 is 5.60 Å². The summed E-state index contributed by atoms with van der Waals surface area (Å²) >= 11 is 0. The van der Waals surface area contributed by atoms with Gasteiger partial charge in [-0.1, -0.05) is 32.1 Å². The van der Waals surface area contributed by atoms with Crippen LogP contribution in [0.1, 0.15) is 72.6 Å². The lowest BCUT2D eigenvalue weighted by molar-refractivity contribution is -0.167. The number of rotatable bonds is 10. The summed E-state index contributed by atoms with van der Waals surface area (Å²) in [6.07, 6.45) is 10.6. The molecule has 0 radical (unpaired) electrons. The third-order valence-electron chi connectivity index (χ3n) is 5.27. The zero-order valence-corrected chi connectivity index (χ0v) is 17.3. The Balaban J connectivity index is 2.66. The number of hydrogen-bond acceptors (Lipinski definition) is 5. The Labute approximate surface area is 163 Å². The SMILES string of the molecule is CCC=CCC(=O)C(C)CCC[C@]1(C)OCC(=CCO)CC[C@H]1OC(C)=O. The Morgan fingerprint density at radius 2 is 2.15 bits per heavy atom. The monoisotopic (exact) mass is 380 g/mol. The van der Waals surface area contributed by atoms with Crippen LogP contribution in [0.4, 0.5) is 0 Å². The summed E-state index contributed by atoms with van der Waals surface area (Å²) in [5.74, 6) is -0.0371. The number of Topliss-reactive ketones (excluding diaryl/α,β-unsaturated/α-hetero) is 1. The molecule has 0 aromatic carbocycles. The number of aliphatic hydroxyl groups is 1. The molecule has 0 aromatic heterocycles. The van der Waals surface area contributed by atoms with Gasteiger partial charge < -0.3 is 14.6 Å².